The Morgan fingerprint density at radius 3 is 2.77 bits per heavy atom. The van der Waals surface area contributed by atoms with Crippen LogP contribution < -0.4 is 10.5 Å². The summed E-state index contributed by atoms with van der Waals surface area (Å²) in [5.41, 5.74) is 3.91. The Kier molecular flexibility index (Phi) is 5.44. The number of hydrogen-bond acceptors (Lipinski definition) is 6. The van der Waals surface area contributed by atoms with Gasteiger partial charge in [-0.1, -0.05) is 18.2 Å². The minimum atomic E-state index is -0.156. The monoisotopic (exact) mass is 403 g/mol. The second kappa shape index (κ2) is 8.18. The summed E-state index contributed by atoms with van der Waals surface area (Å²) in [4.78, 5) is 40.7. The lowest BCUT2D eigenvalue weighted by molar-refractivity contribution is 0.0906. The second-order valence-corrected chi connectivity index (χ2v) is 7.83. The molecule has 4 rings (SSSR count). The Hall–Kier alpha value is -3.35. The third kappa shape index (κ3) is 3.75. The first-order valence-electron chi connectivity index (χ1n) is 10.2. The van der Waals surface area contributed by atoms with Gasteiger partial charge < -0.3 is 4.90 Å². The molecule has 1 aliphatic heterocycles. The largest absolute Gasteiger partial charge is 0.341 e. The van der Waals surface area contributed by atoms with E-state index in [1.165, 1.54) is 17.0 Å². The number of Topliss-reactive ketones (excluding diaryl/α,β-unsaturated/α-hetero) is 1. The van der Waals surface area contributed by atoms with Crippen LogP contribution in [-0.2, 0) is 7.05 Å². The van der Waals surface area contributed by atoms with Crippen LogP contribution in [0.25, 0.3) is 11.4 Å². The summed E-state index contributed by atoms with van der Waals surface area (Å²) in [6.45, 7) is 5.32. The van der Waals surface area contributed by atoms with E-state index in [2.05, 4.69) is 9.97 Å². The van der Waals surface area contributed by atoms with E-state index in [1.807, 2.05) is 36.9 Å². The van der Waals surface area contributed by atoms with Crippen molar-refractivity contribution in [3.63, 3.8) is 0 Å². The van der Waals surface area contributed by atoms with Crippen LogP contribution in [0.4, 0.5) is 5.95 Å². The quantitative estimate of drug-likeness (QED) is 0.623. The van der Waals surface area contributed by atoms with Crippen molar-refractivity contribution in [3.8, 4) is 11.4 Å². The molecular weight excluding hydrogens is 378 g/mol. The summed E-state index contributed by atoms with van der Waals surface area (Å²) in [7, 11) is 1.71. The molecule has 0 aliphatic carbocycles. The number of carbonyl (C=O) groups is 1. The maximum atomic E-state index is 13.3. The first kappa shape index (κ1) is 19.9. The number of anilines is 1. The Labute approximate surface area is 175 Å². The van der Waals surface area contributed by atoms with Crippen LogP contribution in [-0.4, -0.2) is 38.4 Å². The Morgan fingerprint density at radius 2 is 2.00 bits per heavy atom. The molecule has 7 nitrogen and oxygen atoms in total. The SMILES string of the molecule is Cc1cccc(C(=O)C2CCCN(c3nc(-c4ccncn4)cc(=O)n3C)C2)c1C. The number of carbonyl (C=O) groups excluding carboxylic acids is 1. The van der Waals surface area contributed by atoms with Gasteiger partial charge in [-0.25, -0.2) is 15.0 Å². The van der Waals surface area contributed by atoms with Gasteiger partial charge in [0, 0.05) is 43.9 Å². The molecule has 3 aromatic rings. The number of benzene rings is 1. The number of nitrogens with zero attached hydrogens (tertiary/aromatic N) is 5. The minimum Gasteiger partial charge on any atom is -0.341 e. The predicted octanol–water partition coefficient (Wildman–Crippen LogP) is 2.95. The fourth-order valence-corrected chi connectivity index (χ4v) is 3.99. The summed E-state index contributed by atoms with van der Waals surface area (Å²) >= 11 is 0. The van der Waals surface area contributed by atoms with Gasteiger partial charge in [0.15, 0.2) is 5.78 Å². The van der Waals surface area contributed by atoms with Gasteiger partial charge in [-0.15, -0.1) is 0 Å². The van der Waals surface area contributed by atoms with Crippen LogP contribution in [0.3, 0.4) is 0 Å². The average Bonchev–Trinajstić information content (AvgIpc) is 2.77. The van der Waals surface area contributed by atoms with Gasteiger partial charge in [0.1, 0.15) is 6.33 Å². The number of hydrogen-bond donors (Lipinski definition) is 0. The Morgan fingerprint density at radius 1 is 1.17 bits per heavy atom. The molecule has 2 aromatic heterocycles. The molecule has 0 bridgehead atoms. The highest BCUT2D eigenvalue weighted by Crippen LogP contribution is 2.26. The fourth-order valence-electron chi connectivity index (χ4n) is 3.99. The molecular formula is C23H25N5O2. The molecule has 1 aliphatic rings. The lowest BCUT2D eigenvalue weighted by Gasteiger charge is -2.34. The van der Waals surface area contributed by atoms with Crippen LogP contribution in [0.15, 0.2) is 47.7 Å². The van der Waals surface area contributed by atoms with Gasteiger partial charge in [-0.2, -0.15) is 0 Å². The lowest BCUT2D eigenvalue weighted by Crippen LogP contribution is -2.42. The van der Waals surface area contributed by atoms with Crippen molar-refractivity contribution < 1.29 is 4.79 Å². The van der Waals surface area contributed by atoms with Gasteiger partial charge in [-0.05, 0) is 43.9 Å². The molecule has 1 atom stereocenters. The second-order valence-electron chi connectivity index (χ2n) is 7.83. The maximum absolute atomic E-state index is 13.3. The van der Waals surface area contributed by atoms with Crippen LogP contribution in [0.2, 0.25) is 0 Å². The van der Waals surface area contributed by atoms with E-state index in [4.69, 9.17) is 4.98 Å². The molecule has 1 saturated heterocycles. The summed E-state index contributed by atoms with van der Waals surface area (Å²) in [6.07, 6.45) is 4.77. The van der Waals surface area contributed by atoms with Crippen molar-refractivity contribution in [2.75, 3.05) is 18.0 Å². The van der Waals surface area contributed by atoms with E-state index < -0.39 is 0 Å². The van der Waals surface area contributed by atoms with Crippen LogP contribution in [0.5, 0.6) is 0 Å². The van der Waals surface area contributed by atoms with Crippen LogP contribution in [0.1, 0.15) is 34.3 Å². The standard InChI is InChI=1S/C23H25N5O2/c1-15-6-4-8-18(16(15)2)22(30)17-7-5-11-28(13-17)23-26-20(12-21(29)27(23)3)19-9-10-24-14-25-19/h4,6,8-10,12,14,17H,5,7,11,13H2,1-3H3. The van der Waals surface area contributed by atoms with Crippen molar-refractivity contribution in [2.45, 2.75) is 26.7 Å². The lowest BCUT2D eigenvalue weighted by atomic mass is 9.87. The van der Waals surface area contributed by atoms with Gasteiger partial charge in [0.25, 0.3) is 5.56 Å². The van der Waals surface area contributed by atoms with Crippen LogP contribution >= 0.6 is 0 Å². The molecule has 1 unspecified atom stereocenters. The topological polar surface area (TPSA) is 81.0 Å². The molecule has 154 valence electrons. The third-order valence-corrected chi connectivity index (χ3v) is 5.90. The highest BCUT2D eigenvalue weighted by atomic mass is 16.1. The maximum Gasteiger partial charge on any atom is 0.255 e. The Balaban J connectivity index is 1.65. The zero-order valence-corrected chi connectivity index (χ0v) is 17.5. The molecule has 0 N–H and O–H groups in total. The van der Waals surface area contributed by atoms with E-state index in [1.54, 1.807) is 19.3 Å². The van der Waals surface area contributed by atoms with Gasteiger partial charge >= 0.3 is 0 Å². The normalized spacial score (nSPS) is 16.5. The molecule has 1 aromatic carbocycles. The van der Waals surface area contributed by atoms with E-state index >= 15 is 0 Å². The highest BCUT2D eigenvalue weighted by molar-refractivity contribution is 5.99. The summed E-state index contributed by atoms with van der Waals surface area (Å²) in [5, 5.41) is 0. The molecule has 0 amide bonds. The number of rotatable bonds is 4. The average molecular weight is 403 g/mol. The van der Waals surface area contributed by atoms with E-state index in [0.29, 0.717) is 23.9 Å². The highest BCUT2D eigenvalue weighted by Gasteiger charge is 2.29. The molecule has 30 heavy (non-hydrogen) atoms. The zero-order valence-electron chi connectivity index (χ0n) is 17.5. The Bertz CT molecular complexity index is 1140. The van der Waals surface area contributed by atoms with Gasteiger partial charge in [-0.3, -0.25) is 14.2 Å². The molecule has 0 spiro atoms. The molecule has 0 saturated carbocycles. The molecule has 0 radical (unpaired) electrons. The molecule has 1 fully saturated rings. The van der Waals surface area contributed by atoms with Gasteiger partial charge in [0.2, 0.25) is 5.95 Å². The number of aromatic nitrogens is 4. The summed E-state index contributed by atoms with van der Waals surface area (Å²) in [5.74, 6) is 0.603. The summed E-state index contributed by atoms with van der Waals surface area (Å²) < 4.78 is 1.54. The molecule has 3 heterocycles. The fraction of sp³-hybridized carbons (Fsp3) is 0.348. The number of piperidine rings is 1. The van der Waals surface area contributed by atoms with Crippen molar-refractivity contribution in [1.82, 2.24) is 19.5 Å². The van der Waals surface area contributed by atoms with Crippen molar-refractivity contribution >= 4 is 11.7 Å². The minimum absolute atomic E-state index is 0.126. The van der Waals surface area contributed by atoms with Crippen molar-refractivity contribution in [1.29, 1.82) is 0 Å². The number of aryl methyl sites for hydroxylation is 1. The van der Waals surface area contributed by atoms with Crippen LogP contribution in [0, 0.1) is 19.8 Å². The van der Waals surface area contributed by atoms with E-state index in [-0.39, 0.29) is 17.3 Å². The van der Waals surface area contributed by atoms with E-state index in [0.717, 1.165) is 36.1 Å². The first-order chi connectivity index (χ1) is 14.5. The summed E-state index contributed by atoms with van der Waals surface area (Å²) in [6, 6.07) is 9.08. The van der Waals surface area contributed by atoms with Gasteiger partial charge in [0.05, 0.1) is 11.4 Å². The smallest absolute Gasteiger partial charge is 0.255 e. The number of ketones is 1. The predicted molar refractivity (Wildman–Crippen MR) is 116 cm³/mol. The molecule has 7 heteroatoms. The van der Waals surface area contributed by atoms with E-state index in [9.17, 15) is 9.59 Å². The van der Waals surface area contributed by atoms with Crippen molar-refractivity contribution in [2.24, 2.45) is 13.0 Å². The zero-order chi connectivity index (χ0) is 21.3. The third-order valence-electron chi connectivity index (χ3n) is 5.90. The first-order valence-corrected chi connectivity index (χ1v) is 10.2. The van der Waals surface area contributed by atoms with Crippen molar-refractivity contribution in [3.05, 3.63) is 69.9 Å².